The van der Waals surface area contributed by atoms with E-state index in [1.54, 1.807) is 23.7 Å². The summed E-state index contributed by atoms with van der Waals surface area (Å²) in [4.78, 5) is 42.1. The zero-order valence-corrected chi connectivity index (χ0v) is 21.1. The zero-order chi connectivity index (χ0) is 23.4. The number of halogens is 1. The number of likely N-dealkylation sites (tertiary alicyclic amines) is 1. The highest BCUT2D eigenvalue weighted by Crippen LogP contribution is 2.68. The van der Waals surface area contributed by atoms with E-state index < -0.39 is 28.7 Å². The van der Waals surface area contributed by atoms with Gasteiger partial charge in [0.15, 0.2) is 0 Å². The van der Waals surface area contributed by atoms with Crippen LogP contribution in [0.25, 0.3) is 0 Å². The Morgan fingerprint density at radius 2 is 2.06 bits per heavy atom. The van der Waals surface area contributed by atoms with E-state index in [-0.39, 0.29) is 34.4 Å². The molecule has 3 N–H and O–H groups in total. The number of nitrogens with one attached hydrogen (secondary N) is 2. The summed E-state index contributed by atoms with van der Waals surface area (Å²) >= 11 is 5.33. The van der Waals surface area contributed by atoms with Gasteiger partial charge in [-0.25, -0.2) is 0 Å². The smallest absolute Gasteiger partial charge is 0.248 e. The fraction of sp³-hybridized carbons (Fsp3) is 0.609. The van der Waals surface area contributed by atoms with Gasteiger partial charge in [-0.3, -0.25) is 14.4 Å². The second-order valence-electron chi connectivity index (χ2n) is 9.08. The molecule has 0 saturated carbocycles. The minimum Gasteiger partial charge on any atom is -0.394 e. The molecule has 7 atom stereocenters. The predicted octanol–water partition coefficient (Wildman–Crippen LogP) is 2.22. The fourth-order valence-electron chi connectivity index (χ4n) is 5.71. The van der Waals surface area contributed by atoms with Gasteiger partial charge in [-0.05, 0) is 43.9 Å². The number of anilines is 1. The monoisotopic (exact) mass is 523 g/mol. The second kappa shape index (κ2) is 8.65. The molecule has 3 aliphatic rings. The van der Waals surface area contributed by atoms with Gasteiger partial charge < -0.3 is 20.6 Å². The first kappa shape index (κ1) is 23.6. The van der Waals surface area contributed by atoms with Crippen LogP contribution in [0.15, 0.2) is 18.2 Å². The van der Waals surface area contributed by atoms with Crippen molar-refractivity contribution in [2.24, 2.45) is 11.8 Å². The molecule has 0 aliphatic carbocycles. The Hall–Kier alpha value is -1.58. The van der Waals surface area contributed by atoms with Crippen molar-refractivity contribution < 1.29 is 19.5 Å². The van der Waals surface area contributed by atoms with E-state index in [1.165, 1.54) is 0 Å². The minimum absolute atomic E-state index is 0.0315. The number of fused-ring (bicyclic) bond motifs is 1. The fourth-order valence-corrected chi connectivity index (χ4v) is 9.31. The lowest BCUT2D eigenvalue weighted by Gasteiger charge is -2.37. The molecule has 1 aromatic rings. The molecule has 4 rings (SSSR count). The Morgan fingerprint density at radius 3 is 2.69 bits per heavy atom. The van der Waals surface area contributed by atoms with Crippen molar-refractivity contribution in [3.8, 4) is 0 Å². The number of hydrogen-bond acceptors (Lipinski definition) is 5. The maximum atomic E-state index is 13.8. The maximum Gasteiger partial charge on any atom is 0.248 e. The summed E-state index contributed by atoms with van der Waals surface area (Å²) in [5.41, 5.74) is 2.68. The topological polar surface area (TPSA) is 98.7 Å². The van der Waals surface area contributed by atoms with Crippen molar-refractivity contribution >= 4 is 51.1 Å². The lowest BCUT2D eigenvalue weighted by atomic mass is 9.70. The van der Waals surface area contributed by atoms with Crippen LogP contribution >= 0.6 is 27.7 Å². The van der Waals surface area contributed by atoms with Gasteiger partial charge >= 0.3 is 0 Å². The number of nitrogens with zero attached hydrogens (tertiary/aromatic N) is 1. The molecule has 174 valence electrons. The molecule has 2 bridgehead atoms. The Morgan fingerprint density at radius 1 is 1.34 bits per heavy atom. The van der Waals surface area contributed by atoms with Crippen LogP contribution in [-0.4, -0.2) is 68.3 Å². The third-order valence-electron chi connectivity index (χ3n) is 7.25. The van der Waals surface area contributed by atoms with E-state index in [0.29, 0.717) is 12.8 Å². The SMILES string of the molecule is CC[C@@H](CO)N1C(=O)[C@@H]2[C@H](C(=O)NC)[C@H]3SC2(CC3Br)C1C(=O)Nc1cc(C)ccc1C. The quantitative estimate of drug-likeness (QED) is 0.496. The summed E-state index contributed by atoms with van der Waals surface area (Å²) in [6.45, 7) is 5.57. The summed E-state index contributed by atoms with van der Waals surface area (Å²) in [6, 6.07) is 4.63. The van der Waals surface area contributed by atoms with Crippen LogP contribution in [0.4, 0.5) is 5.69 Å². The molecule has 1 aromatic carbocycles. The van der Waals surface area contributed by atoms with E-state index in [2.05, 4.69) is 26.6 Å². The number of thioether (sulfide) groups is 1. The summed E-state index contributed by atoms with van der Waals surface area (Å²) in [5.74, 6) is -1.71. The van der Waals surface area contributed by atoms with E-state index in [4.69, 9.17) is 0 Å². The molecule has 3 fully saturated rings. The summed E-state index contributed by atoms with van der Waals surface area (Å²) in [7, 11) is 1.58. The van der Waals surface area contributed by atoms with Crippen LogP contribution in [0.2, 0.25) is 0 Å². The highest BCUT2D eigenvalue weighted by molar-refractivity contribution is 9.09. The minimum atomic E-state index is -0.762. The maximum absolute atomic E-state index is 13.8. The van der Waals surface area contributed by atoms with Gasteiger partial charge in [0.2, 0.25) is 17.7 Å². The Balaban J connectivity index is 1.79. The van der Waals surface area contributed by atoms with E-state index in [9.17, 15) is 19.5 Å². The molecule has 9 heteroatoms. The molecule has 3 aliphatic heterocycles. The van der Waals surface area contributed by atoms with Crippen molar-refractivity contribution in [1.82, 2.24) is 10.2 Å². The number of carbonyl (C=O) groups is 3. The standard InChI is InChI=1S/C23H30BrN3O4S/c1-5-13(10-28)27-19(21(30)26-15-8-11(2)6-7-12(15)3)23-9-14(24)18(32-23)16(20(29)25-4)17(23)22(27)31/h6-8,13-14,16-19,28H,5,9-10H2,1-4H3,(H,25,29)(H,26,30)/t13-,14?,16-,17-,18-,19?,23?/m0/s1. The molecule has 3 heterocycles. The van der Waals surface area contributed by atoms with Crippen LogP contribution in [0.3, 0.4) is 0 Å². The molecule has 0 aromatic heterocycles. The van der Waals surface area contributed by atoms with Crippen LogP contribution in [0.1, 0.15) is 30.9 Å². The molecule has 3 saturated heterocycles. The molecule has 7 nitrogen and oxygen atoms in total. The normalized spacial score (nSPS) is 33.9. The van der Waals surface area contributed by atoms with Crippen LogP contribution in [-0.2, 0) is 14.4 Å². The van der Waals surface area contributed by atoms with E-state index in [0.717, 1.165) is 16.8 Å². The average Bonchev–Trinajstić information content (AvgIpc) is 3.35. The van der Waals surface area contributed by atoms with Gasteiger partial charge in [-0.2, -0.15) is 0 Å². The number of amides is 3. The van der Waals surface area contributed by atoms with Gasteiger partial charge in [0, 0.05) is 22.8 Å². The van der Waals surface area contributed by atoms with Crippen LogP contribution in [0.5, 0.6) is 0 Å². The molecule has 3 amide bonds. The Bertz CT molecular complexity index is 955. The van der Waals surface area contributed by atoms with Crippen LogP contribution < -0.4 is 10.6 Å². The number of carbonyl (C=O) groups excluding carboxylic acids is 3. The van der Waals surface area contributed by atoms with E-state index >= 15 is 0 Å². The van der Waals surface area contributed by atoms with Gasteiger partial charge in [-0.15, -0.1) is 11.8 Å². The highest BCUT2D eigenvalue weighted by Gasteiger charge is 2.76. The average molecular weight is 524 g/mol. The molecular formula is C23H30BrN3O4S. The number of rotatable bonds is 6. The van der Waals surface area contributed by atoms with Gasteiger partial charge in [0.25, 0.3) is 0 Å². The highest BCUT2D eigenvalue weighted by atomic mass is 79.9. The number of hydrogen-bond donors (Lipinski definition) is 3. The van der Waals surface area contributed by atoms with Gasteiger partial charge in [-0.1, -0.05) is 35.0 Å². The van der Waals surface area contributed by atoms with Crippen molar-refractivity contribution in [2.75, 3.05) is 19.0 Å². The third kappa shape index (κ3) is 3.39. The molecule has 1 spiro atoms. The lowest BCUT2D eigenvalue weighted by Crippen LogP contribution is -2.55. The predicted molar refractivity (Wildman–Crippen MR) is 129 cm³/mol. The largest absolute Gasteiger partial charge is 0.394 e. The van der Waals surface area contributed by atoms with Crippen molar-refractivity contribution in [2.45, 2.75) is 60.5 Å². The summed E-state index contributed by atoms with van der Waals surface area (Å²) in [6.07, 6.45) is 1.14. The molecular weight excluding hydrogens is 494 g/mol. The van der Waals surface area contributed by atoms with Crippen molar-refractivity contribution in [3.05, 3.63) is 29.3 Å². The van der Waals surface area contributed by atoms with E-state index in [1.807, 2.05) is 39.0 Å². The molecule has 0 radical (unpaired) electrons. The Kier molecular flexibility index (Phi) is 6.37. The second-order valence-corrected chi connectivity index (χ2v) is 11.8. The van der Waals surface area contributed by atoms with Crippen molar-refractivity contribution in [1.29, 1.82) is 0 Å². The zero-order valence-electron chi connectivity index (χ0n) is 18.7. The first-order chi connectivity index (χ1) is 15.2. The van der Waals surface area contributed by atoms with Gasteiger partial charge in [0.1, 0.15) is 6.04 Å². The number of alkyl halides is 1. The number of aliphatic hydroxyl groups is 1. The molecule has 3 unspecified atom stereocenters. The number of aliphatic hydroxyl groups excluding tert-OH is 1. The molecule has 32 heavy (non-hydrogen) atoms. The third-order valence-corrected chi connectivity index (χ3v) is 10.5. The number of aryl methyl sites for hydroxylation is 2. The summed E-state index contributed by atoms with van der Waals surface area (Å²) in [5, 5.41) is 15.8. The first-order valence-corrected chi connectivity index (χ1v) is 12.8. The lowest BCUT2D eigenvalue weighted by molar-refractivity contribution is -0.142. The van der Waals surface area contributed by atoms with Crippen LogP contribution in [0, 0.1) is 25.7 Å². The summed E-state index contributed by atoms with van der Waals surface area (Å²) < 4.78 is -0.711. The number of benzene rings is 1. The first-order valence-electron chi connectivity index (χ1n) is 11.0. The van der Waals surface area contributed by atoms with Gasteiger partial charge in [0.05, 0.1) is 29.2 Å². The Labute approximate surface area is 201 Å². The van der Waals surface area contributed by atoms with Crippen molar-refractivity contribution in [3.63, 3.8) is 0 Å².